The van der Waals surface area contributed by atoms with Crippen molar-refractivity contribution >= 4 is 49.7 Å². The van der Waals surface area contributed by atoms with Crippen LogP contribution < -0.4 is 0 Å². The summed E-state index contributed by atoms with van der Waals surface area (Å²) in [4.78, 5) is 18.4. The van der Waals surface area contributed by atoms with Gasteiger partial charge in [-0.2, -0.15) is 5.26 Å². The molecule has 0 N–H and O–H groups in total. The minimum absolute atomic E-state index is 0.00665. The molecule has 5 rings (SSSR count). The summed E-state index contributed by atoms with van der Waals surface area (Å²) in [6, 6.07) is 26.2. The van der Waals surface area contributed by atoms with Crippen LogP contribution in [0.3, 0.4) is 0 Å². The summed E-state index contributed by atoms with van der Waals surface area (Å²) >= 11 is 12.7. The normalized spacial score (nSPS) is 15.2. The number of sulfone groups is 1. The zero-order valence-electron chi connectivity index (χ0n) is 24.8. The number of rotatable bonds is 9. The predicted octanol–water partition coefficient (Wildman–Crippen LogP) is 7.55. The molecule has 1 saturated heterocycles. The number of hydrogen-bond acceptors (Lipinski definition) is 5. The highest BCUT2D eigenvalue weighted by Gasteiger charge is 2.27. The van der Waals surface area contributed by atoms with E-state index in [1.54, 1.807) is 42.3 Å². The Kier molecular flexibility index (Phi) is 9.97. The number of halogens is 2. The molecule has 44 heavy (non-hydrogen) atoms. The van der Waals surface area contributed by atoms with Crippen molar-refractivity contribution in [2.24, 2.45) is 0 Å². The number of carbonyl (C=O) groups excluding carboxylic acids is 1. The van der Waals surface area contributed by atoms with E-state index in [2.05, 4.69) is 11.0 Å². The van der Waals surface area contributed by atoms with E-state index in [4.69, 9.17) is 23.2 Å². The number of piperidine rings is 1. The first-order valence-corrected chi connectivity index (χ1v) is 17.3. The molecule has 0 spiro atoms. The van der Waals surface area contributed by atoms with Gasteiger partial charge in [-0.05, 0) is 97.0 Å². The molecule has 1 aliphatic heterocycles. The molecule has 1 fully saturated rings. The van der Waals surface area contributed by atoms with E-state index in [0.29, 0.717) is 32.6 Å². The Morgan fingerprint density at radius 3 is 2.41 bits per heavy atom. The van der Waals surface area contributed by atoms with E-state index in [1.807, 2.05) is 48.5 Å². The van der Waals surface area contributed by atoms with E-state index in [1.165, 1.54) is 6.26 Å². The van der Waals surface area contributed by atoms with Crippen molar-refractivity contribution in [3.05, 3.63) is 111 Å². The summed E-state index contributed by atoms with van der Waals surface area (Å²) in [5.74, 6) is 0.0485. The molecule has 0 bridgehead atoms. The van der Waals surface area contributed by atoms with Crippen LogP contribution in [0, 0.1) is 11.3 Å². The van der Waals surface area contributed by atoms with Crippen LogP contribution in [-0.4, -0.2) is 63.6 Å². The van der Waals surface area contributed by atoms with Gasteiger partial charge < -0.3 is 9.80 Å². The van der Waals surface area contributed by atoms with E-state index < -0.39 is 9.84 Å². The van der Waals surface area contributed by atoms with Crippen molar-refractivity contribution in [2.75, 3.05) is 39.5 Å². The summed E-state index contributed by atoms with van der Waals surface area (Å²) in [6.07, 6.45) is 3.82. The molecule has 4 aromatic carbocycles. The highest BCUT2D eigenvalue weighted by Crippen LogP contribution is 2.34. The van der Waals surface area contributed by atoms with Crippen molar-refractivity contribution in [3.63, 3.8) is 0 Å². The smallest absolute Gasteiger partial charge is 0.254 e. The van der Waals surface area contributed by atoms with Crippen LogP contribution in [-0.2, 0) is 9.84 Å². The molecule has 1 heterocycles. The zero-order valence-corrected chi connectivity index (χ0v) is 27.2. The van der Waals surface area contributed by atoms with Crippen LogP contribution in [0.25, 0.3) is 10.8 Å². The molecule has 4 aromatic rings. The van der Waals surface area contributed by atoms with E-state index in [9.17, 15) is 18.5 Å². The van der Waals surface area contributed by atoms with E-state index in [-0.39, 0.29) is 17.7 Å². The summed E-state index contributed by atoms with van der Waals surface area (Å²) in [5.41, 5.74) is 2.87. The SMILES string of the molecule is CN(CC(CCN1CCC(c2ccccc2S(C)(=O)=O)CC1)c1ccc(Cl)c(Cl)c1)C(=O)c1cc(C#N)cc2ccccc12. The molecular formula is C35H35Cl2N3O3S. The van der Waals surface area contributed by atoms with Crippen LogP contribution in [0.5, 0.6) is 0 Å². The zero-order chi connectivity index (χ0) is 31.4. The summed E-state index contributed by atoms with van der Waals surface area (Å²) in [6.45, 7) is 3.00. The van der Waals surface area contributed by atoms with Crippen LogP contribution in [0.1, 0.15) is 58.1 Å². The average Bonchev–Trinajstić information content (AvgIpc) is 3.03. The Bertz CT molecular complexity index is 1830. The molecule has 1 unspecified atom stereocenters. The van der Waals surface area contributed by atoms with Gasteiger partial charge in [0.25, 0.3) is 5.91 Å². The number of nitriles is 1. The number of amides is 1. The number of benzene rings is 4. The van der Waals surface area contributed by atoms with Gasteiger partial charge in [0, 0.05) is 31.3 Å². The second kappa shape index (κ2) is 13.7. The first-order valence-electron chi connectivity index (χ1n) is 14.7. The highest BCUT2D eigenvalue weighted by molar-refractivity contribution is 7.90. The van der Waals surface area contributed by atoms with Crippen LogP contribution in [0.4, 0.5) is 0 Å². The quantitative estimate of drug-likeness (QED) is 0.187. The lowest BCUT2D eigenvalue weighted by molar-refractivity contribution is 0.0783. The number of carbonyl (C=O) groups is 1. The molecule has 0 radical (unpaired) electrons. The van der Waals surface area contributed by atoms with Gasteiger partial charge in [0.1, 0.15) is 0 Å². The summed E-state index contributed by atoms with van der Waals surface area (Å²) < 4.78 is 24.7. The third kappa shape index (κ3) is 7.27. The predicted molar refractivity (Wildman–Crippen MR) is 177 cm³/mol. The van der Waals surface area contributed by atoms with E-state index >= 15 is 0 Å². The fourth-order valence-electron chi connectivity index (χ4n) is 6.26. The van der Waals surface area contributed by atoms with Gasteiger partial charge >= 0.3 is 0 Å². The summed E-state index contributed by atoms with van der Waals surface area (Å²) in [7, 11) is -1.49. The number of likely N-dealkylation sites (N-methyl/N-ethyl adjacent to an activating group) is 1. The number of hydrogen-bond donors (Lipinski definition) is 0. The van der Waals surface area contributed by atoms with Crippen molar-refractivity contribution < 1.29 is 13.2 Å². The minimum Gasteiger partial charge on any atom is -0.341 e. The van der Waals surface area contributed by atoms with Crippen LogP contribution in [0.2, 0.25) is 10.0 Å². The second-order valence-electron chi connectivity index (χ2n) is 11.6. The lowest BCUT2D eigenvalue weighted by atomic mass is 9.88. The Labute approximate surface area is 269 Å². The molecule has 1 aliphatic rings. The van der Waals surface area contributed by atoms with Gasteiger partial charge in [-0.15, -0.1) is 0 Å². The molecular weight excluding hydrogens is 613 g/mol. The Balaban J connectivity index is 1.31. The minimum atomic E-state index is -3.29. The van der Waals surface area contributed by atoms with Gasteiger partial charge in [-0.1, -0.05) is 71.7 Å². The molecule has 0 aliphatic carbocycles. The standard InChI is InChI=1S/C35H35Cl2N3O3S/c1-39(35(41)31-20-24(22-38)19-27-7-3-4-8-29(27)31)23-28(26-11-12-32(36)33(37)21-26)15-18-40-16-13-25(14-17-40)30-9-5-6-10-34(30)44(2,42)43/h3-12,19-21,25,28H,13-18,23H2,1-2H3. The number of nitrogens with zero attached hydrogens (tertiary/aromatic N) is 3. The monoisotopic (exact) mass is 647 g/mol. The Morgan fingerprint density at radius 1 is 1.00 bits per heavy atom. The van der Waals surface area contributed by atoms with Gasteiger partial charge in [-0.25, -0.2) is 8.42 Å². The first kappa shape index (κ1) is 32.0. The molecule has 6 nitrogen and oxygen atoms in total. The maximum absolute atomic E-state index is 13.8. The lowest BCUT2D eigenvalue weighted by Gasteiger charge is -2.34. The molecule has 0 aromatic heterocycles. The average molecular weight is 649 g/mol. The van der Waals surface area contributed by atoms with Crippen molar-refractivity contribution in [2.45, 2.75) is 36.0 Å². The molecule has 1 amide bonds. The highest BCUT2D eigenvalue weighted by atomic mass is 35.5. The van der Waals surface area contributed by atoms with Gasteiger partial charge in [0.2, 0.25) is 0 Å². The maximum atomic E-state index is 13.8. The Morgan fingerprint density at radius 2 is 1.70 bits per heavy atom. The largest absolute Gasteiger partial charge is 0.341 e. The number of likely N-dealkylation sites (tertiary alicyclic amines) is 1. The van der Waals surface area contributed by atoms with Crippen molar-refractivity contribution in [1.82, 2.24) is 9.80 Å². The molecule has 0 saturated carbocycles. The molecule has 9 heteroatoms. The van der Waals surface area contributed by atoms with Crippen LogP contribution >= 0.6 is 23.2 Å². The Hall–Kier alpha value is -3.41. The third-order valence-electron chi connectivity index (χ3n) is 8.62. The van der Waals surface area contributed by atoms with Crippen molar-refractivity contribution in [1.29, 1.82) is 5.26 Å². The lowest BCUT2D eigenvalue weighted by Crippen LogP contribution is -2.36. The first-order chi connectivity index (χ1) is 21.0. The van der Waals surface area contributed by atoms with Gasteiger partial charge in [0.05, 0.1) is 26.6 Å². The maximum Gasteiger partial charge on any atom is 0.254 e. The van der Waals surface area contributed by atoms with E-state index in [0.717, 1.165) is 60.8 Å². The number of fused-ring (bicyclic) bond motifs is 1. The van der Waals surface area contributed by atoms with Gasteiger partial charge in [0.15, 0.2) is 9.84 Å². The molecule has 1 atom stereocenters. The fourth-order valence-corrected chi connectivity index (χ4v) is 7.56. The fraction of sp³-hybridized carbons (Fsp3) is 0.314. The summed E-state index contributed by atoms with van der Waals surface area (Å²) in [5, 5.41) is 12.2. The topological polar surface area (TPSA) is 81.5 Å². The third-order valence-corrected chi connectivity index (χ3v) is 10.5. The molecule has 228 valence electrons. The second-order valence-corrected chi connectivity index (χ2v) is 14.4. The van der Waals surface area contributed by atoms with Gasteiger partial charge in [-0.3, -0.25) is 4.79 Å². The van der Waals surface area contributed by atoms with Crippen molar-refractivity contribution in [3.8, 4) is 6.07 Å². The van der Waals surface area contributed by atoms with Crippen LogP contribution in [0.15, 0.2) is 83.8 Å².